The zero-order valence-electron chi connectivity index (χ0n) is 13.0. The lowest BCUT2D eigenvalue weighted by atomic mass is 10.0. The fourth-order valence-corrected chi connectivity index (χ4v) is 1.89. The predicted octanol–water partition coefficient (Wildman–Crippen LogP) is 4.93. The average molecular weight is 288 g/mol. The summed E-state index contributed by atoms with van der Waals surface area (Å²) in [6, 6.07) is 13.8. The number of pyridine rings is 1. The molecule has 0 radical (unpaired) electrons. The molecule has 1 aromatic heterocycles. The van der Waals surface area contributed by atoms with Crippen LogP contribution in [0.1, 0.15) is 31.5 Å². The van der Waals surface area contributed by atoms with Gasteiger partial charge in [-0.05, 0) is 24.1 Å². The molecule has 0 spiro atoms. The number of hydrogen-bond donors (Lipinski definition) is 0. The smallest absolute Gasteiger partial charge is 0.0998 e. The summed E-state index contributed by atoms with van der Waals surface area (Å²) >= 11 is 0. The van der Waals surface area contributed by atoms with Crippen molar-refractivity contribution in [3.05, 3.63) is 59.9 Å². The molecule has 1 heterocycles. The molecule has 1 aromatic carbocycles. The van der Waals surface area contributed by atoms with Crippen LogP contribution in [0.2, 0.25) is 0 Å². The number of hydrogen-bond acceptors (Lipinski definition) is 2. The molecular formula is C20H20N2. The van der Waals surface area contributed by atoms with E-state index in [1.54, 1.807) is 0 Å². The van der Waals surface area contributed by atoms with E-state index >= 15 is 0 Å². The minimum absolute atomic E-state index is 0.566. The topological polar surface area (TPSA) is 36.7 Å². The van der Waals surface area contributed by atoms with Crippen LogP contribution in [-0.4, -0.2) is 4.98 Å². The van der Waals surface area contributed by atoms with Gasteiger partial charge in [0.1, 0.15) is 0 Å². The molecule has 2 rings (SSSR count). The second-order valence-electron chi connectivity index (χ2n) is 4.87. The Hall–Kier alpha value is -2.84. The summed E-state index contributed by atoms with van der Waals surface area (Å²) in [6.45, 7) is 4.36. The normalized spacial score (nSPS) is 11.2. The van der Waals surface area contributed by atoms with Gasteiger partial charge in [0.2, 0.25) is 0 Å². The Morgan fingerprint density at radius 2 is 1.95 bits per heavy atom. The Morgan fingerprint density at radius 3 is 2.55 bits per heavy atom. The molecule has 2 nitrogen and oxygen atoms in total. The minimum atomic E-state index is 0.566. The molecule has 0 aliphatic rings. The van der Waals surface area contributed by atoms with E-state index in [2.05, 4.69) is 43.8 Å². The fourth-order valence-electron chi connectivity index (χ4n) is 1.89. The summed E-state index contributed by atoms with van der Waals surface area (Å²) in [4.78, 5) is 4.44. The zero-order valence-corrected chi connectivity index (χ0v) is 13.0. The van der Waals surface area contributed by atoms with Crippen molar-refractivity contribution in [2.24, 2.45) is 5.92 Å². The number of rotatable bonds is 4. The van der Waals surface area contributed by atoms with Crippen LogP contribution < -0.4 is 0 Å². The molecule has 0 aliphatic heterocycles. The first-order valence-corrected chi connectivity index (χ1v) is 7.21. The van der Waals surface area contributed by atoms with E-state index in [0.717, 1.165) is 23.2 Å². The SMILES string of the molecule is C#C.CC[C@H](C)/C=C/c1ccc(-c2ccccc2C#N)cn1. The molecule has 0 N–H and O–H groups in total. The first-order valence-electron chi connectivity index (χ1n) is 7.21. The summed E-state index contributed by atoms with van der Waals surface area (Å²) in [5.41, 5.74) is 3.53. The number of nitriles is 1. The van der Waals surface area contributed by atoms with Crippen LogP contribution in [0.5, 0.6) is 0 Å². The van der Waals surface area contributed by atoms with Gasteiger partial charge in [0.25, 0.3) is 0 Å². The van der Waals surface area contributed by atoms with E-state index in [-0.39, 0.29) is 0 Å². The van der Waals surface area contributed by atoms with Crippen LogP contribution in [0.15, 0.2) is 48.7 Å². The van der Waals surface area contributed by atoms with Crippen molar-refractivity contribution in [1.29, 1.82) is 5.26 Å². The Morgan fingerprint density at radius 1 is 1.23 bits per heavy atom. The molecule has 0 unspecified atom stereocenters. The third-order valence-corrected chi connectivity index (χ3v) is 3.38. The van der Waals surface area contributed by atoms with Gasteiger partial charge in [0, 0.05) is 17.3 Å². The second-order valence-corrected chi connectivity index (χ2v) is 4.87. The molecule has 110 valence electrons. The van der Waals surface area contributed by atoms with Crippen molar-refractivity contribution in [1.82, 2.24) is 4.98 Å². The van der Waals surface area contributed by atoms with Gasteiger partial charge in [0.15, 0.2) is 0 Å². The van der Waals surface area contributed by atoms with Gasteiger partial charge in [-0.3, -0.25) is 4.98 Å². The van der Waals surface area contributed by atoms with Gasteiger partial charge in [-0.1, -0.05) is 50.6 Å². The Bertz CT molecular complexity index is 673. The third-order valence-electron chi connectivity index (χ3n) is 3.38. The standard InChI is InChI=1S/C18H18N2.C2H2/c1-3-14(2)8-10-17-11-9-16(13-20-17)18-7-5-4-6-15(18)12-19;1-2/h4-11,13-14H,3H2,1-2H3;1-2H/b10-8+;/t14-;/m0./s1. The molecule has 0 bridgehead atoms. The average Bonchev–Trinajstić information content (AvgIpc) is 2.61. The van der Waals surface area contributed by atoms with Crippen LogP contribution in [0.3, 0.4) is 0 Å². The lowest BCUT2D eigenvalue weighted by Crippen LogP contribution is -1.88. The van der Waals surface area contributed by atoms with Crippen molar-refractivity contribution in [3.63, 3.8) is 0 Å². The van der Waals surface area contributed by atoms with E-state index in [1.807, 2.05) is 48.7 Å². The molecule has 1 atom stereocenters. The molecular weight excluding hydrogens is 268 g/mol. The lowest BCUT2D eigenvalue weighted by molar-refractivity contribution is 0.701. The molecule has 0 saturated heterocycles. The van der Waals surface area contributed by atoms with E-state index in [1.165, 1.54) is 0 Å². The fraction of sp³-hybridized carbons (Fsp3) is 0.200. The van der Waals surface area contributed by atoms with Crippen molar-refractivity contribution < 1.29 is 0 Å². The summed E-state index contributed by atoms with van der Waals surface area (Å²) in [5, 5.41) is 9.13. The minimum Gasteiger partial charge on any atom is -0.256 e. The maximum Gasteiger partial charge on any atom is 0.0998 e. The molecule has 22 heavy (non-hydrogen) atoms. The lowest BCUT2D eigenvalue weighted by Gasteiger charge is -2.04. The summed E-state index contributed by atoms with van der Waals surface area (Å²) < 4.78 is 0. The van der Waals surface area contributed by atoms with E-state index in [9.17, 15) is 0 Å². The monoisotopic (exact) mass is 288 g/mol. The van der Waals surface area contributed by atoms with Gasteiger partial charge in [-0.25, -0.2) is 0 Å². The largest absolute Gasteiger partial charge is 0.256 e. The van der Waals surface area contributed by atoms with Gasteiger partial charge < -0.3 is 0 Å². The molecule has 0 saturated carbocycles. The van der Waals surface area contributed by atoms with Crippen molar-refractivity contribution in [3.8, 4) is 30.0 Å². The van der Waals surface area contributed by atoms with Gasteiger partial charge in [-0.15, -0.1) is 12.8 Å². The number of terminal acetylenes is 1. The molecule has 0 amide bonds. The van der Waals surface area contributed by atoms with Crippen molar-refractivity contribution in [2.45, 2.75) is 20.3 Å². The second kappa shape index (κ2) is 9.16. The Kier molecular flexibility index (Phi) is 7.17. The Balaban J connectivity index is 0.00000116. The molecule has 0 fully saturated rings. The van der Waals surface area contributed by atoms with E-state index < -0.39 is 0 Å². The summed E-state index contributed by atoms with van der Waals surface area (Å²) in [7, 11) is 0. The maximum atomic E-state index is 9.13. The van der Waals surface area contributed by atoms with Crippen molar-refractivity contribution in [2.75, 3.05) is 0 Å². The number of allylic oxidation sites excluding steroid dienone is 1. The van der Waals surface area contributed by atoms with Gasteiger partial charge in [0.05, 0.1) is 17.3 Å². The number of aromatic nitrogens is 1. The van der Waals surface area contributed by atoms with Crippen LogP contribution in [0.4, 0.5) is 0 Å². The molecule has 2 heteroatoms. The number of benzene rings is 1. The summed E-state index contributed by atoms with van der Waals surface area (Å²) in [5.74, 6) is 0.566. The van der Waals surface area contributed by atoms with Gasteiger partial charge in [-0.2, -0.15) is 5.26 Å². The zero-order chi connectivity index (χ0) is 16.4. The van der Waals surface area contributed by atoms with Gasteiger partial charge >= 0.3 is 0 Å². The Labute approximate surface area is 133 Å². The highest BCUT2D eigenvalue weighted by Gasteiger charge is 2.03. The van der Waals surface area contributed by atoms with Crippen LogP contribution in [-0.2, 0) is 0 Å². The van der Waals surface area contributed by atoms with Crippen LogP contribution in [0, 0.1) is 30.1 Å². The van der Waals surface area contributed by atoms with E-state index in [4.69, 9.17) is 5.26 Å². The van der Waals surface area contributed by atoms with E-state index in [0.29, 0.717) is 11.5 Å². The first kappa shape index (κ1) is 17.2. The van der Waals surface area contributed by atoms with Crippen molar-refractivity contribution >= 4 is 6.08 Å². The third kappa shape index (κ3) is 4.62. The highest BCUT2D eigenvalue weighted by Crippen LogP contribution is 2.22. The molecule has 0 aliphatic carbocycles. The number of nitrogens with zero attached hydrogens (tertiary/aromatic N) is 2. The quantitative estimate of drug-likeness (QED) is 0.748. The first-order chi connectivity index (χ1) is 10.7. The highest BCUT2D eigenvalue weighted by molar-refractivity contribution is 5.70. The summed E-state index contributed by atoms with van der Waals surface area (Å²) in [6.07, 6.45) is 15.2. The van der Waals surface area contributed by atoms with Crippen LogP contribution >= 0.6 is 0 Å². The molecule has 2 aromatic rings. The predicted molar refractivity (Wildman–Crippen MR) is 92.8 cm³/mol. The highest BCUT2D eigenvalue weighted by atomic mass is 14.7. The maximum absolute atomic E-state index is 9.13. The van der Waals surface area contributed by atoms with Crippen LogP contribution in [0.25, 0.3) is 17.2 Å².